The van der Waals surface area contributed by atoms with E-state index in [2.05, 4.69) is 10.1 Å². The molecule has 2 atom stereocenters. The van der Waals surface area contributed by atoms with Crippen LogP contribution in [0.1, 0.15) is 34.0 Å². The molecule has 156 valence electrons. The van der Waals surface area contributed by atoms with Crippen LogP contribution in [0.2, 0.25) is 15.1 Å². The summed E-state index contributed by atoms with van der Waals surface area (Å²) in [6, 6.07) is 9.19. The highest BCUT2D eigenvalue weighted by Crippen LogP contribution is 2.29. The predicted molar refractivity (Wildman–Crippen MR) is 114 cm³/mol. The molecule has 0 aromatic heterocycles. The first-order chi connectivity index (χ1) is 13.8. The molecule has 0 fully saturated rings. The number of aryl methyl sites for hydroxylation is 1. The van der Waals surface area contributed by atoms with Crippen molar-refractivity contribution in [1.82, 2.24) is 5.32 Å². The quantitative estimate of drug-likeness (QED) is 0.524. The van der Waals surface area contributed by atoms with Crippen molar-refractivity contribution in [2.75, 3.05) is 13.7 Å². The fraction of sp³-hybridized carbons (Fsp3) is 0.300. The molecule has 9 heteroatoms. The number of hydrogen-bond donors (Lipinski definition) is 3. The fourth-order valence-corrected chi connectivity index (χ4v) is 3.66. The van der Waals surface area contributed by atoms with E-state index in [0.717, 1.165) is 5.56 Å². The molecule has 6 nitrogen and oxygen atoms in total. The number of aliphatic hydroxyl groups is 1. The fourth-order valence-electron chi connectivity index (χ4n) is 2.76. The molecule has 0 saturated heterocycles. The molecule has 29 heavy (non-hydrogen) atoms. The number of methoxy groups -OCH3 is 1. The number of nitrogens with two attached hydrogens (primary N) is 1. The van der Waals surface area contributed by atoms with E-state index in [0.29, 0.717) is 23.4 Å². The van der Waals surface area contributed by atoms with Crippen LogP contribution >= 0.6 is 34.8 Å². The van der Waals surface area contributed by atoms with Gasteiger partial charge < -0.3 is 20.9 Å². The summed E-state index contributed by atoms with van der Waals surface area (Å²) in [6.45, 7) is -0.132. The van der Waals surface area contributed by atoms with Crippen LogP contribution in [-0.2, 0) is 16.0 Å². The zero-order chi connectivity index (χ0) is 21.6. The van der Waals surface area contributed by atoms with E-state index in [1.165, 1.54) is 7.11 Å². The molecule has 2 aromatic carbocycles. The maximum atomic E-state index is 12.5. The molecule has 2 rings (SSSR count). The van der Waals surface area contributed by atoms with Gasteiger partial charge in [-0.15, -0.1) is 0 Å². The van der Waals surface area contributed by atoms with Gasteiger partial charge in [-0.25, -0.2) is 4.79 Å². The van der Waals surface area contributed by atoms with Gasteiger partial charge in [0.25, 0.3) is 5.91 Å². The Morgan fingerprint density at radius 3 is 2.38 bits per heavy atom. The number of carbonyl (C=O) groups excluding carboxylic acids is 2. The lowest BCUT2D eigenvalue weighted by Crippen LogP contribution is -2.46. The summed E-state index contributed by atoms with van der Waals surface area (Å²) in [5, 5.41) is 13.6. The summed E-state index contributed by atoms with van der Waals surface area (Å²) in [4.78, 5) is 24.1. The van der Waals surface area contributed by atoms with Crippen molar-refractivity contribution in [3.63, 3.8) is 0 Å². The van der Waals surface area contributed by atoms with Gasteiger partial charge in [0.1, 0.15) is 6.04 Å². The minimum Gasteiger partial charge on any atom is -0.467 e. The van der Waals surface area contributed by atoms with E-state index < -0.39 is 24.0 Å². The van der Waals surface area contributed by atoms with E-state index in [4.69, 9.17) is 40.5 Å². The number of amides is 1. The molecule has 0 saturated carbocycles. The van der Waals surface area contributed by atoms with Gasteiger partial charge in [0, 0.05) is 11.6 Å². The van der Waals surface area contributed by atoms with Gasteiger partial charge in [0.15, 0.2) is 0 Å². The molecule has 1 amide bonds. The first-order valence-corrected chi connectivity index (χ1v) is 9.90. The standard InChI is InChI=1S/C20H21Cl3N2O4/c1-29-20(28)16(10-24)25-19(27)18-14(22)7-11(8-15(18)23)5-6-17(26)12-3-2-4-13(21)9-12/h2-4,7-9,16-17,26H,5-6,10,24H2,1H3,(H,25,27)/t16-,17?/m0/s1. The highest BCUT2D eigenvalue weighted by molar-refractivity contribution is 6.39. The smallest absolute Gasteiger partial charge is 0.329 e. The number of benzene rings is 2. The number of hydrogen-bond acceptors (Lipinski definition) is 5. The SMILES string of the molecule is COC(=O)[C@H](CN)NC(=O)c1c(Cl)cc(CCC(O)c2cccc(Cl)c2)cc1Cl. The third-order valence-corrected chi connectivity index (χ3v) is 5.13. The number of nitrogens with one attached hydrogen (secondary N) is 1. The molecule has 0 aliphatic rings. The van der Waals surface area contributed by atoms with Crippen molar-refractivity contribution in [1.29, 1.82) is 0 Å². The number of esters is 1. The van der Waals surface area contributed by atoms with Gasteiger partial charge in [0.05, 0.1) is 28.8 Å². The second kappa shape index (κ2) is 10.8. The normalized spacial score (nSPS) is 12.9. The van der Waals surface area contributed by atoms with Crippen LogP contribution in [-0.4, -0.2) is 36.7 Å². The van der Waals surface area contributed by atoms with Crippen molar-refractivity contribution in [2.45, 2.75) is 25.0 Å². The average Bonchev–Trinajstić information content (AvgIpc) is 2.69. The van der Waals surface area contributed by atoms with Crippen LogP contribution in [0.3, 0.4) is 0 Å². The van der Waals surface area contributed by atoms with Crippen molar-refractivity contribution < 1.29 is 19.4 Å². The summed E-state index contributed by atoms with van der Waals surface area (Å²) in [5.41, 5.74) is 6.98. The van der Waals surface area contributed by atoms with Crippen molar-refractivity contribution in [2.24, 2.45) is 5.73 Å². The highest BCUT2D eigenvalue weighted by Gasteiger charge is 2.24. The summed E-state index contributed by atoms with van der Waals surface area (Å²) >= 11 is 18.4. The van der Waals surface area contributed by atoms with Gasteiger partial charge in [-0.2, -0.15) is 0 Å². The van der Waals surface area contributed by atoms with Crippen LogP contribution in [0.5, 0.6) is 0 Å². The maximum Gasteiger partial charge on any atom is 0.329 e. The number of rotatable bonds is 8. The Hall–Kier alpha value is -1.83. The van der Waals surface area contributed by atoms with Crippen LogP contribution in [0, 0.1) is 0 Å². The van der Waals surface area contributed by atoms with E-state index in [1.54, 1.807) is 36.4 Å². The Balaban J connectivity index is 2.10. The molecule has 0 spiro atoms. The lowest BCUT2D eigenvalue weighted by molar-refractivity contribution is -0.142. The minimum atomic E-state index is -1.01. The van der Waals surface area contributed by atoms with Gasteiger partial charge in [-0.3, -0.25) is 4.79 Å². The van der Waals surface area contributed by atoms with Gasteiger partial charge in [-0.1, -0.05) is 46.9 Å². The first-order valence-electron chi connectivity index (χ1n) is 8.77. The highest BCUT2D eigenvalue weighted by atomic mass is 35.5. The first kappa shape index (κ1) is 23.4. The largest absolute Gasteiger partial charge is 0.467 e. The van der Waals surface area contributed by atoms with Crippen LogP contribution in [0.4, 0.5) is 0 Å². The van der Waals surface area contributed by atoms with Crippen molar-refractivity contribution in [3.8, 4) is 0 Å². The van der Waals surface area contributed by atoms with Crippen molar-refractivity contribution in [3.05, 3.63) is 68.2 Å². The van der Waals surface area contributed by atoms with E-state index >= 15 is 0 Å². The zero-order valence-electron chi connectivity index (χ0n) is 15.6. The average molecular weight is 460 g/mol. The summed E-state index contributed by atoms with van der Waals surface area (Å²) in [6.07, 6.45) is 0.179. The molecular formula is C20H21Cl3N2O4. The number of halogens is 3. The van der Waals surface area contributed by atoms with Crippen LogP contribution in [0.15, 0.2) is 36.4 Å². The van der Waals surface area contributed by atoms with Crippen LogP contribution in [0.25, 0.3) is 0 Å². The van der Waals surface area contributed by atoms with Crippen molar-refractivity contribution >= 4 is 46.7 Å². The molecule has 2 aromatic rings. The maximum absolute atomic E-state index is 12.5. The summed E-state index contributed by atoms with van der Waals surface area (Å²) in [5.74, 6) is -1.30. The predicted octanol–water partition coefficient (Wildman–Crippen LogP) is 3.54. The molecule has 0 heterocycles. The second-order valence-electron chi connectivity index (χ2n) is 6.33. The Bertz CT molecular complexity index is 869. The molecular weight excluding hydrogens is 439 g/mol. The van der Waals surface area contributed by atoms with E-state index in [1.807, 2.05) is 0 Å². The van der Waals surface area contributed by atoms with E-state index in [9.17, 15) is 14.7 Å². The van der Waals surface area contributed by atoms with E-state index in [-0.39, 0.29) is 22.2 Å². The zero-order valence-corrected chi connectivity index (χ0v) is 17.9. The second-order valence-corrected chi connectivity index (χ2v) is 7.58. The molecule has 1 unspecified atom stereocenters. The topological polar surface area (TPSA) is 102 Å². The molecule has 4 N–H and O–H groups in total. The lowest BCUT2D eigenvalue weighted by atomic mass is 10.0. The Morgan fingerprint density at radius 1 is 1.17 bits per heavy atom. The molecule has 0 bridgehead atoms. The summed E-state index contributed by atoms with van der Waals surface area (Å²) in [7, 11) is 1.20. The molecule has 0 radical (unpaired) electrons. The monoisotopic (exact) mass is 458 g/mol. The van der Waals surface area contributed by atoms with Crippen LogP contribution < -0.4 is 11.1 Å². The molecule has 0 aliphatic carbocycles. The lowest BCUT2D eigenvalue weighted by Gasteiger charge is -2.16. The van der Waals surface area contributed by atoms with Gasteiger partial charge in [0.2, 0.25) is 0 Å². The Morgan fingerprint density at radius 2 is 1.83 bits per heavy atom. The number of carbonyl (C=O) groups is 2. The summed E-state index contributed by atoms with van der Waals surface area (Å²) < 4.78 is 4.59. The minimum absolute atomic E-state index is 0.0369. The third-order valence-electron chi connectivity index (χ3n) is 4.30. The van der Waals surface area contributed by atoms with Gasteiger partial charge >= 0.3 is 5.97 Å². The van der Waals surface area contributed by atoms with Gasteiger partial charge in [-0.05, 0) is 48.2 Å². The third kappa shape index (κ3) is 6.32. The Labute approximate surface area is 183 Å². The molecule has 0 aliphatic heterocycles. The Kier molecular flexibility index (Phi) is 8.74. The number of aliphatic hydroxyl groups excluding tert-OH is 1. The number of ether oxygens (including phenoxy) is 1.